The molecule has 1 aliphatic carbocycles. The molecule has 1 atom stereocenters. The van der Waals surface area contributed by atoms with Crippen LogP contribution in [0.15, 0.2) is 42.5 Å². The van der Waals surface area contributed by atoms with Crippen molar-refractivity contribution in [3.63, 3.8) is 0 Å². The van der Waals surface area contributed by atoms with Gasteiger partial charge in [0.05, 0.1) is 0 Å². The van der Waals surface area contributed by atoms with Crippen molar-refractivity contribution in [2.75, 3.05) is 14.1 Å². The largest absolute Gasteiger partial charge is 0.359 e. The number of benzene rings is 2. The molecule has 27 heavy (non-hydrogen) atoms. The van der Waals surface area contributed by atoms with Crippen LogP contribution in [0.1, 0.15) is 46.0 Å². The first-order valence-electron chi connectivity index (χ1n) is 9.15. The van der Waals surface area contributed by atoms with Gasteiger partial charge in [-0.05, 0) is 42.2 Å². The van der Waals surface area contributed by atoms with Crippen LogP contribution in [-0.2, 0) is 11.2 Å². The molecule has 0 fully saturated rings. The lowest BCUT2D eigenvalue weighted by molar-refractivity contribution is -0.121. The first kappa shape index (κ1) is 18.8. The van der Waals surface area contributed by atoms with Crippen LogP contribution in [-0.4, -0.2) is 42.6 Å². The van der Waals surface area contributed by atoms with E-state index in [-0.39, 0.29) is 30.1 Å². The number of hydrogen-bond acceptors (Lipinski definition) is 3. The highest BCUT2D eigenvalue weighted by atomic mass is 16.2. The standard InChI is InChI=1S/C22H24N2O3/c1-14(12-21(26)23-2)24(3)22(27)16-6-4-15(5-7-16)17-8-10-19-18(13-17)9-11-20(19)25/h4-8,10,13-14H,9,11-12H2,1-3H3,(H,23,26)/t14-/m1/s1. The summed E-state index contributed by atoms with van der Waals surface area (Å²) in [5.41, 5.74) is 4.57. The summed E-state index contributed by atoms with van der Waals surface area (Å²) in [4.78, 5) is 37.5. The molecule has 2 aromatic carbocycles. The minimum Gasteiger partial charge on any atom is -0.359 e. The fraction of sp³-hybridized carbons (Fsp3) is 0.318. The zero-order chi connectivity index (χ0) is 19.6. The van der Waals surface area contributed by atoms with Crippen LogP contribution in [0.2, 0.25) is 0 Å². The molecule has 2 aromatic rings. The molecular formula is C22H24N2O3. The molecule has 0 aromatic heterocycles. The van der Waals surface area contributed by atoms with Crippen LogP contribution in [0.3, 0.4) is 0 Å². The first-order chi connectivity index (χ1) is 12.9. The summed E-state index contributed by atoms with van der Waals surface area (Å²) in [6.07, 6.45) is 1.66. The number of nitrogens with zero attached hydrogens (tertiary/aromatic N) is 1. The van der Waals surface area contributed by atoms with E-state index in [0.29, 0.717) is 12.0 Å². The van der Waals surface area contributed by atoms with Gasteiger partial charge in [-0.15, -0.1) is 0 Å². The van der Waals surface area contributed by atoms with Gasteiger partial charge in [0.15, 0.2) is 5.78 Å². The van der Waals surface area contributed by atoms with Crippen LogP contribution in [0.25, 0.3) is 11.1 Å². The maximum atomic E-state index is 12.6. The molecule has 0 aliphatic heterocycles. The summed E-state index contributed by atoms with van der Waals surface area (Å²) in [7, 11) is 3.30. The minimum absolute atomic E-state index is 0.0902. The van der Waals surface area contributed by atoms with E-state index < -0.39 is 0 Å². The van der Waals surface area contributed by atoms with Gasteiger partial charge in [0.25, 0.3) is 5.91 Å². The lowest BCUT2D eigenvalue weighted by Gasteiger charge is -2.24. The van der Waals surface area contributed by atoms with Crippen molar-refractivity contribution in [1.82, 2.24) is 10.2 Å². The van der Waals surface area contributed by atoms with Gasteiger partial charge in [-0.3, -0.25) is 14.4 Å². The molecule has 0 saturated carbocycles. The quantitative estimate of drug-likeness (QED) is 0.887. The van der Waals surface area contributed by atoms with E-state index in [4.69, 9.17) is 0 Å². The van der Waals surface area contributed by atoms with Gasteiger partial charge in [0.1, 0.15) is 0 Å². The van der Waals surface area contributed by atoms with Crippen molar-refractivity contribution in [3.05, 3.63) is 59.2 Å². The number of hydrogen-bond donors (Lipinski definition) is 1. The molecular weight excluding hydrogens is 340 g/mol. The van der Waals surface area contributed by atoms with E-state index in [1.807, 2.05) is 31.2 Å². The van der Waals surface area contributed by atoms with Gasteiger partial charge in [-0.25, -0.2) is 0 Å². The number of Topliss-reactive ketones (excluding diaryl/α,β-unsaturated/α-hetero) is 1. The van der Waals surface area contributed by atoms with Crippen molar-refractivity contribution in [2.24, 2.45) is 0 Å². The smallest absolute Gasteiger partial charge is 0.253 e. The number of nitrogens with one attached hydrogen (secondary N) is 1. The van der Waals surface area contributed by atoms with E-state index in [0.717, 1.165) is 28.7 Å². The van der Waals surface area contributed by atoms with Crippen molar-refractivity contribution in [2.45, 2.75) is 32.2 Å². The third kappa shape index (κ3) is 3.92. The van der Waals surface area contributed by atoms with Gasteiger partial charge < -0.3 is 10.2 Å². The molecule has 0 radical (unpaired) electrons. The Morgan fingerprint density at radius 1 is 1.07 bits per heavy atom. The summed E-state index contributed by atoms with van der Waals surface area (Å²) in [5.74, 6) is 0.0106. The van der Waals surface area contributed by atoms with Crippen molar-refractivity contribution in [1.29, 1.82) is 0 Å². The second-order valence-corrected chi connectivity index (χ2v) is 7.01. The highest BCUT2D eigenvalue weighted by Gasteiger charge is 2.21. The molecule has 5 heteroatoms. The van der Waals surface area contributed by atoms with Crippen molar-refractivity contribution in [3.8, 4) is 11.1 Å². The number of carbonyl (C=O) groups is 3. The van der Waals surface area contributed by atoms with E-state index in [1.165, 1.54) is 0 Å². The highest BCUT2D eigenvalue weighted by molar-refractivity contribution is 6.01. The molecule has 0 heterocycles. The van der Waals surface area contributed by atoms with Crippen LogP contribution in [0, 0.1) is 0 Å². The van der Waals surface area contributed by atoms with E-state index in [9.17, 15) is 14.4 Å². The summed E-state index contributed by atoms with van der Waals surface area (Å²) >= 11 is 0. The number of amides is 2. The second kappa shape index (κ2) is 7.74. The molecule has 0 spiro atoms. The van der Waals surface area contributed by atoms with Crippen LogP contribution >= 0.6 is 0 Å². The Morgan fingerprint density at radius 2 is 1.74 bits per heavy atom. The molecule has 5 nitrogen and oxygen atoms in total. The maximum Gasteiger partial charge on any atom is 0.253 e. The van der Waals surface area contributed by atoms with E-state index >= 15 is 0 Å². The summed E-state index contributed by atoms with van der Waals surface area (Å²) < 4.78 is 0. The monoisotopic (exact) mass is 364 g/mol. The van der Waals surface area contributed by atoms with Gasteiger partial charge in [-0.1, -0.05) is 30.3 Å². The average Bonchev–Trinajstić information content (AvgIpc) is 3.07. The lowest BCUT2D eigenvalue weighted by Crippen LogP contribution is -2.38. The Hall–Kier alpha value is -2.95. The Labute approximate surface area is 159 Å². The fourth-order valence-corrected chi connectivity index (χ4v) is 3.35. The fourth-order valence-electron chi connectivity index (χ4n) is 3.35. The normalized spacial score (nSPS) is 13.8. The number of ketones is 1. The molecule has 0 saturated heterocycles. The van der Waals surface area contributed by atoms with Crippen LogP contribution < -0.4 is 5.32 Å². The highest BCUT2D eigenvalue weighted by Crippen LogP contribution is 2.28. The third-order valence-electron chi connectivity index (χ3n) is 5.23. The summed E-state index contributed by atoms with van der Waals surface area (Å²) in [5, 5.41) is 2.58. The van der Waals surface area contributed by atoms with E-state index in [1.54, 1.807) is 31.1 Å². The molecule has 140 valence electrons. The van der Waals surface area contributed by atoms with Crippen molar-refractivity contribution >= 4 is 17.6 Å². The Morgan fingerprint density at radius 3 is 2.41 bits per heavy atom. The SMILES string of the molecule is CNC(=O)C[C@@H](C)N(C)C(=O)c1ccc(-c2ccc3c(c2)CCC3=O)cc1. The topological polar surface area (TPSA) is 66.5 Å². The zero-order valence-electron chi connectivity index (χ0n) is 15.9. The van der Waals surface area contributed by atoms with Crippen LogP contribution in [0.4, 0.5) is 0 Å². The molecule has 2 amide bonds. The minimum atomic E-state index is -0.189. The predicted molar refractivity (Wildman–Crippen MR) is 105 cm³/mol. The molecule has 1 N–H and O–H groups in total. The lowest BCUT2D eigenvalue weighted by atomic mass is 9.99. The Bertz CT molecular complexity index is 887. The maximum absolute atomic E-state index is 12.6. The molecule has 1 aliphatic rings. The third-order valence-corrected chi connectivity index (χ3v) is 5.23. The average molecular weight is 364 g/mol. The Kier molecular flexibility index (Phi) is 5.40. The zero-order valence-corrected chi connectivity index (χ0v) is 15.9. The molecule has 3 rings (SSSR count). The molecule has 0 unspecified atom stereocenters. The summed E-state index contributed by atoms with van der Waals surface area (Å²) in [6, 6.07) is 13.2. The van der Waals surface area contributed by atoms with Crippen molar-refractivity contribution < 1.29 is 14.4 Å². The molecule has 0 bridgehead atoms. The van der Waals surface area contributed by atoms with Gasteiger partial charge >= 0.3 is 0 Å². The first-order valence-corrected chi connectivity index (χ1v) is 9.15. The second-order valence-electron chi connectivity index (χ2n) is 7.01. The number of aryl methyl sites for hydroxylation is 1. The van der Waals surface area contributed by atoms with Crippen LogP contribution in [0.5, 0.6) is 0 Å². The number of fused-ring (bicyclic) bond motifs is 1. The van der Waals surface area contributed by atoms with E-state index in [2.05, 4.69) is 11.4 Å². The van der Waals surface area contributed by atoms with Gasteiger partial charge in [0, 0.05) is 44.1 Å². The van der Waals surface area contributed by atoms with Gasteiger partial charge in [0.2, 0.25) is 5.91 Å². The number of rotatable bonds is 5. The number of carbonyl (C=O) groups excluding carboxylic acids is 3. The van der Waals surface area contributed by atoms with Gasteiger partial charge in [-0.2, -0.15) is 0 Å². The summed E-state index contributed by atoms with van der Waals surface area (Å²) in [6.45, 7) is 1.85. The Balaban J connectivity index is 1.74. The predicted octanol–water partition coefficient (Wildman–Crippen LogP) is 3.08.